The van der Waals surface area contributed by atoms with Crippen molar-refractivity contribution >= 4 is 17.2 Å². The molecule has 4 atom stereocenters. The molecule has 0 unspecified atom stereocenters. The number of piperidine rings is 1. The van der Waals surface area contributed by atoms with Gasteiger partial charge in [-0.1, -0.05) is 56.5 Å². The fourth-order valence-electron chi connectivity index (χ4n) is 8.13. The first-order chi connectivity index (χ1) is 18.1. The van der Waals surface area contributed by atoms with Crippen LogP contribution >= 0.6 is 11.3 Å². The number of thiazole rings is 1. The van der Waals surface area contributed by atoms with Crippen molar-refractivity contribution in [3.05, 3.63) is 51.5 Å². The van der Waals surface area contributed by atoms with E-state index in [1.807, 2.05) is 11.3 Å². The van der Waals surface area contributed by atoms with Crippen LogP contribution in [0, 0.1) is 18.8 Å². The van der Waals surface area contributed by atoms with Crippen molar-refractivity contribution in [1.29, 1.82) is 0 Å². The summed E-state index contributed by atoms with van der Waals surface area (Å²) in [6.45, 7) is 9.98. The summed E-state index contributed by atoms with van der Waals surface area (Å²) in [5.74, 6) is 1.64. The molecule has 3 fully saturated rings. The van der Waals surface area contributed by atoms with Gasteiger partial charge >= 0.3 is 0 Å². The fraction of sp³-hybridized carbons (Fsp3) is 0.677. The number of carbonyl (C=O) groups is 1. The molecule has 1 aromatic heterocycles. The largest absolute Gasteiger partial charge is 0.339 e. The number of likely N-dealkylation sites (tertiary alicyclic amines) is 1. The van der Waals surface area contributed by atoms with E-state index in [0.29, 0.717) is 23.8 Å². The lowest BCUT2D eigenvalue weighted by Crippen LogP contribution is -2.57. The summed E-state index contributed by atoms with van der Waals surface area (Å²) in [6.07, 6.45) is 9.92. The molecule has 5 nitrogen and oxygen atoms in total. The van der Waals surface area contributed by atoms with Crippen molar-refractivity contribution in [2.45, 2.75) is 89.1 Å². The molecule has 0 bridgehead atoms. The zero-order valence-corrected chi connectivity index (χ0v) is 23.6. The minimum absolute atomic E-state index is 0.00474. The molecule has 3 aliphatic heterocycles. The number of carbonyl (C=O) groups excluding carboxylic acids is 1. The number of rotatable bonds is 5. The van der Waals surface area contributed by atoms with Crippen molar-refractivity contribution in [2.24, 2.45) is 11.8 Å². The summed E-state index contributed by atoms with van der Waals surface area (Å²) in [7, 11) is 0. The lowest BCUT2D eigenvalue weighted by Gasteiger charge is -2.48. The molecule has 1 N–H and O–H groups in total. The van der Waals surface area contributed by atoms with Gasteiger partial charge in [0.2, 0.25) is 5.91 Å². The molecule has 0 radical (unpaired) electrons. The normalized spacial score (nSPS) is 31.1. The maximum Gasteiger partial charge on any atom is 0.228 e. The molecular weight excluding hydrogens is 476 g/mol. The van der Waals surface area contributed by atoms with E-state index in [-0.39, 0.29) is 11.3 Å². The van der Waals surface area contributed by atoms with Gasteiger partial charge in [-0.05, 0) is 63.0 Å². The monoisotopic (exact) mass is 520 g/mol. The van der Waals surface area contributed by atoms with Gasteiger partial charge in [-0.25, -0.2) is 4.98 Å². The minimum atomic E-state index is -0.140. The maximum absolute atomic E-state index is 14.7. The highest BCUT2D eigenvalue weighted by molar-refractivity contribution is 7.11. The van der Waals surface area contributed by atoms with Crippen LogP contribution in [0.2, 0.25) is 0 Å². The van der Waals surface area contributed by atoms with E-state index in [0.717, 1.165) is 63.5 Å². The van der Waals surface area contributed by atoms with Crippen molar-refractivity contribution in [2.75, 3.05) is 32.7 Å². The Morgan fingerprint density at radius 2 is 1.97 bits per heavy atom. The highest BCUT2D eigenvalue weighted by Gasteiger charge is 2.55. The van der Waals surface area contributed by atoms with Gasteiger partial charge in [-0.3, -0.25) is 9.69 Å². The average molecular weight is 521 g/mol. The van der Waals surface area contributed by atoms with Crippen LogP contribution in [-0.2, 0) is 16.8 Å². The van der Waals surface area contributed by atoms with Crippen LogP contribution in [0.5, 0.6) is 0 Å². The van der Waals surface area contributed by atoms with E-state index < -0.39 is 0 Å². The van der Waals surface area contributed by atoms with Gasteiger partial charge in [-0.15, -0.1) is 11.3 Å². The Morgan fingerprint density at radius 3 is 2.76 bits per heavy atom. The van der Waals surface area contributed by atoms with Gasteiger partial charge in [0.25, 0.3) is 0 Å². The zero-order valence-electron chi connectivity index (χ0n) is 22.8. The van der Waals surface area contributed by atoms with Gasteiger partial charge in [0.05, 0.1) is 16.6 Å². The van der Waals surface area contributed by atoms with Crippen LogP contribution in [0.3, 0.4) is 0 Å². The number of fused-ring (bicyclic) bond motifs is 2. The first-order valence-electron chi connectivity index (χ1n) is 14.8. The number of nitrogens with one attached hydrogen (secondary N) is 1. The quantitative estimate of drug-likeness (QED) is 0.566. The number of hydrogen-bond acceptors (Lipinski definition) is 5. The number of aromatic nitrogens is 1. The van der Waals surface area contributed by atoms with E-state index in [9.17, 15) is 4.79 Å². The van der Waals surface area contributed by atoms with Crippen LogP contribution in [-0.4, -0.2) is 59.5 Å². The van der Waals surface area contributed by atoms with E-state index in [1.165, 1.54) is 48.2 Å². The first-order valence-corrected chi connectivity index (χ1v) is 15.7. The second-order valence-corrected chi connectivity index (χ2v) is 13.4. The number of aryl methyl sites for hydroxylation is 1. The molecule has 2 aromatic rings. The summed E-state index contributed by atoms with van der Waals surface area (Å²) in [6, 6.07) is 11.4. The lowest BCUT2D eigenvalue weighted by atomic mass is 9.71. The third kappa shape index (κ3) is 4.79. The number of amides is 1. The predicted molar refractivity (Wildman–Crippen MR) is 151 cm³/mol. The van der Waals surface area contributed by atoms with Crippen LogP contribution < -0.4 is 5.32 Å². The molecule has 1 aromatic carbocycles. The second kappa shape index (κ2) is 10.8. The van der Waals surface area contributed by atoms with Crippen molar-refractivity contribution < 1.29 is 4.79 Å². The molecule has 4 aliphatic rings. The summed E-state index contributed by atoms with van der Waals surface area (Å²) >= 11 is 1.85. The minimum Gasteiger partial charge on any atom is -0.339 e. The third-order valence-electron chi connectivity index (χ3n) is 9.82. The molecular formula is C31H44N4OS. The molecule has 1 amide bonds. The van der Waals surface area contributed by atoms with Gasteiger partial charge < -0.3 is 10.2 Å². The Kier molecular flexibility index (Phi) is 7.43. The van der Waals surface area contributed by atoms with Crippen LogP contribution in [0.1, 0.15) is 85.4 Å². The molecule has 37 heavy (non-hydrogen) atoms. The van der Waals surface area contributed by atoms with Gasteiger partial charge in [0, 0.05) is 49.1 Å². The Hall–Kier alpha value is -1.76. The maximum atomic E-state index is 14.7. The van der Waals surface area contributed by atoms with Gasteiger partial charge in [0.15, 0.2) is 0 Å². The second-order valence-electron chi connectivity index (χ2n) is 12.2. The molecule has 2 saturated heterocycles. The van der Waals surface area contributed by atoms with Gasteiger partial charge in [0.1, 0.15) is 0 Å². The summed E-state index contributed by atoms with van der Waals surface area (Å²) in [4.78, 5) is 26.0. The smallest absolute Gasteiger partial charge is 0.228 e. The molecule has 1 saturated carbocycles. The summed E-state index contributed by atoms with van der Waals surface area (Å²) in [5, 5.41) is 4.84. The molecule has 6 heteroatoms. The summed E-state index contributed by atoms with van der Waals surface area (Å²) in [5.41, 5.74) is 2.55. The van der Waals surface area contributed by atoms with Crippen LogP contribution in [0.25, 0.3) is 0 Å². The lowest BCUT2D eigenvalue weighted by molar-refractivity contribution is -0.143. The predicted octanol–water partition coefficient (Wildman–Crippen LogP) is 5.49. The Morgan fingerprint density at radius 1 is 1.16 bits per heavy atom. The molecule has 6 rings (SSSR count). The van der Waals surface area contributed by atoms with Crippen LogP contribution in [0.4, 0.5) is 0 Å². The van der Waals surface area contributed by atoms with Gasteiger partial charge in [-0.2, -0.15) is 0 Å². The van der Waals surface area contributed by atoms with E-state index in [2.05, 4.69) is 59.3 Å². The first kappa shape index (κ1) is 25.5. The average Bonchev–Trinajstić information content (AvgIpc) is 3.52. The third-order valence-corrected chi connectivity index (χ3v) is 11.1. The molecule has 1 aliphatic carbocycles. The Bertz CT molecular complexity index is 1080. The highest BCUT2D eigenvalue weighted by atomic mass is 32.1. The summed E-state index contributed by atoms with van der Waals surface area (Å²) < 4.78 is 0. The molecule has 200 valence electrons. The highest BCUT2D eigenvalue weighted by Crippen LogP contribution is 2.47. The van der Waals surface area contributed by atoms with Crippen molar-refractivity contribution in [1.82, 2.24) is 20.1 Å². The fourth-order valence-corrected chi connectivity index (χ4v) is 9.29. The van der Waals surface area contributed by atoms with Crippen molar-refractivity contribution in [3.63, 3.8) is 0 Å². The Balaban J connectivity index is 1.31. The SMILES string of the molecule is CCCN1Cc2nc(C)sc2[C@@]2(CNC[C@H]2C(=O)N2CC[C@@H](c3ccccc3)C[C@H]2C2CCCCC2)C1. The number of hydrogen-bond donors (Lipinski definition) is 1. The van der Waals surface area contributed by atoms with E-state index in [4.69, 9.17) is 4.98 Å². The topological polar surface area (TPSA) is 48.5 Å². The molecule has 1 spiro atoms. The standard InChI is InChI=1S/C31H44N4OS/c1-3-15-34-19-27-29(37-22(2)33-27)31(21-34)20-32-18-26(31)30(36)35-16-14-25(23-10-6-4-7-11-23)17-28(35)24-12-8-5-9-13-24/h4,6-7,10-11,24-26,28,32H,3,5,8-9,12-21H2,1-2H3/t25-,26+,28+,31+/m1/s1. The molecule has 4 heterocycles. The number of nitrogens with zero attached hydrogens (tertiary/aromatic N) is 3. The zero-order chi connectivity index (χ0) is 25.4. The van der Waals surface area contributed by atoms with E-state index in [1.54, 1.807) is 0 Å². The van der Waals surface area contributed by atoms with E-state index >= 15 is 0 Å². The Labute approximate surface area is 227 Å². The number of benzene rings is 1. The van der Waals surface area contributed by atoms with Crippen LogP contribution in [0.15, 0.2) is 30.3 Å². The van der Waals surface area contributed by atoms with Crippen molar-refractivity contribution in [3.8, 4) is 0 Å².